The molecule has 0 atom stereocenters. The number of hydrogen-bond acceptors (Lipinski definition) is 3. The summed E-state index contributed by atoms with van der Waals surface area (Å²) in [6.45, 7) is 1.12. The van der Waals surface area contributed by atoms with Gasteiger partial charge in [-0.25, -0.2) is 13.1 Å². The Bertz CT molecular complexity index is 542. The van der Waals surface area contributed by atoms with E-state index < -0.39 is 10.0 Å². The number of hydrogen-bond donors (Lipinski definition) is 2. The van der Waals surface area contributed by atoms with E-state index in [-0.39, 0.29) is 9.92 Å². The summed E-state index contributed by atoms with van der Waals surface area (Å²) < 4.78 is 27.1. The quantitative estimate of drug-likeness (QED) is 0.846. The first kappa shape index (κ1) is 14.8. The van der Waals surface area contributed by atoms with E-state index in [0.717, 1.165) is 18.4 Å². The highest BCUT2D eigenvalue weighted by Gasteiger charge is 2.23. The van der Waals surface area contributed by atoms with Crippen LogP contribution in [-0.4, -0.2) is 22.0 Å². The van der Waals surface area contributed by atoms with E-state index in [4.69, 9.17) is 11.6 Å². The molecule has 0 heterocycles. The molecule has 1 fully saturated rings. The first-order valence-electron chi connectivity index (χ1n) is 6.45. The number of rotatable bonds is 6. The average molecular weight is 303 g/mol. The molecule has 0 aromatic heterocycles. The van der Waals surface area contributed by atoms with Crippen LogP contribution in [-0.2, 0) is 16.6 Å². The molecule has 4 nitrogen and oxygen atoms in total. The molecule has 1 aromatic rings. The van der Waals surface area contributed by atoms with Crippen molar-refractivity contribution in [3.8, 4) is 0 Å². The molecule has 0 unspecified atom stereocenters. The molecule has 19 heavy (non-hydrogen) atoms. The molecule has 0 aliphatic heterocycles. The molecule has 0 spiro atoms. The number of nitrogens with one attached hydrogen (secondary N) is 2. The van der Waals surface area contributed by atoms with Gasteiger partial charge >= 0.3 is 0 Å². The van der Waals surface area contributed by atoms with Crippen LogP contribution in [0.25, 0.3) is 0 Å². The molecule has 0 bridgehead atoms. The van der Waals surface area contributed by atoms with E-state index in [1.54, 1.807) is 12.1 Å². The fraction of sp³-hybridized carbons (Fsp3) is 0.538. The molecule has 1 aliphatic rings. The predicted octanol–water partition coefficient (Wildman–Crippen LogP) is 2.14. The zero-order valence-electron chi connectivity index (χ0n) is 10.9. The second kappa shape index (κ2) is 6.22. The molecular formula is C13H19ClN2O2S. The minimum atomic E-state index is -3.51. The van der Waals surface area contributed by atoms with E-state index in [2.05, 4.69) is 10.0 Å². The third-order valence-electron chi connectivity index (χ3n) is 3.45. The Morgan fingerprint density at radius 1 is 1.37 bits per heavy atom. The van der Waals surface area contributed by atoms with Crippen molar-refractivity contribution in [1.82, 2.24) is 10.0 Å². The van der Waals surface area contributed by atoms with Gasteiger partial charge in [0, 0.05) is 13.1 Å². The third-order valence-corrected chi connectivity index (χ3v) is 5.36. The monoisotopic (exact) mass is 302 g/mol. The second-order valence-electron chi connectivity index (χ2n) is 4.94. The van der Waals surface area contributed by atoms with Crippen molar-refractivity contribution in [2.24, 2.45) is 5.92 Å². The van der Waals surface area contributed by atoms with Crippen LogP contribution in [0.1, 0.15) is 24.8 Å². The van der Waals surface area contributed by atoms with Gasteiger partial charge in [0.15, 0.2) is 0 Å². The van der Waals surface area contributed by atoms with Gasteiger partial charge in [0.05, 0.1) is 5.02 Å². The van der Waals surface area contributed by atoms with Crippen molar-refractivity contribution >= 4 is 21.6 Å². The topological polar surface area (TPSA) is 58.2 Å². The molecule has 0 amide bonds. The van der Waals surface area contributed by atoms with Gasteiger partial charge in [-0.05, 0) is 43.5 Å². The molecule has 0 saturated heterocycles. The lowest BCUT2D eigenvalue weighted by atomic mass is 9.86. The molecule has 6 heteroatoms. The van der Waals surface area contributed by atoms with Crippen LogP contribution in [0.4, 0.5) is 0 Å². The summed E-state index contributed by atoms with van der Waals surface area (Å²) in [5, 5.41) is 3.26. The van der Waals surface area contributed by atoms with Gasteiger partial charge in [0.2, 0.25) is 10.0 Å². The number of benzene rings is 1. The van der Waals surface area contributed by atoms with Crippen molar-refractivity contribution in [2.75, 3.05) is 13.6 Å². The smallest absolute Gasteiger partial charge is 0.242 e. The molecule has 2 N–H and O–H groups in total. The van der Waals surface area contributed by atoms with Crippen molar-refractivity contribution < 1.29 is 8.42 Å². The first-order valence-corrected chi connectivity index (χ1v) is 8.32. The van der Waals surface area contributed by atoms with Crippen molar-refractivity contribution in [2.45, 2.75) is 30.7 Å². The molecule has 1 aromatic carbocycles. The Balaban J connectivity index is 2.15. The SMILES string of the molecule is CNCc1ccc(Cl)c(S(=O)(=O)NCC2CCC2)c1. The lowest BCUT2D eigenvalue weighted by Gasteiger charge is -2.25. The number of halogens is 1. The van der Waals surface area contributed by atoms with Crippen LogP contribution in [0.2, 0.25) is 5.02 Å². The molecule has 1 saturated carbocycles. The Kier molecular flexibility index (Phi) is 4.84. The fourth-order valence-electron chi connectivity index (χ4n) is 2.07. The lowest BCUT2D eigenvalue weighted by Crippen LogP contribution is -2.32. The van der Waals surface area contributed by atoms with Crippen LogP contribution >= 0.6 is 11.6 Å². The second-order valence-corrected chi connectivity index (χ2v) is 7.09. The first-order chi connectivity index (χ1) is 9.03. The maximum atomic E-state index is 12.2. The summed E-state index contributed by atoms with van der Waals surface area (Å²) >= 11 is 6.00. The minimum absolute atomic E-state index is 0.168. The van der Waals surface area contributed by atoms with Gasteiger partial charge in [0.25, 0.3) is 0 Å². The molecular weight excluding hydrogens is 284 g/mol. The third kappa shape index (κ3) is 3.69. The van der Waals surface area contributed by atoms with Crippen molar-refractivity contribution in [3.05, 3.63) is 28.8 Å². The van der Waals surface area contributed by atoms with Gasteiger partial charge in [-0.3, -0.25) is 0 Å². The van der Waals surface area contributed by atoms with Gasteiger partial charge in [0.1, 0.15) is 4.90 Å². The van der Waals surface area contributed by atoms with E-state index in [0.29, 0.717) is 19.0 Å². The van der Waals surface area contributed by atoms with Crippen molar-refractivity contribution in [3.63, 3.8) is 0 Å². The normalized spacial score (nSPS) is 16.3. The van der Waals surface area contributed by atoms with Crippen LogP contribution < -0.4 is 10.0 Å². The highest BCUT2D eigenvalue weighted by molar-refractivity contribution is 7.89. The van der Waals surface area contributed by atoms with Gasteiger partial charge < -0.3 is 5.32 Å². The van der Waals surface area contributed by atoms with Crippen LogP contribution in [0, 0.1) is 5.92 Å². The molecule has 1 aliphatic carbocycles. The zero-order chi connectivity index (χ0) is 13.9. The van der Waals surface area contributed by atoms with E-state index in [1.807, 2.05) is 13.1 Å². The maximum absolute atomic E-state index is 12.2. The molecule has 106 valence electrons. The summed E-state index contributed by atoms with van der Waals surface area (Å²) in [5.74, 6) is 0.481. The van der Waals surface area contributed by atoms with Crippen LogP contribution in [0.5, 0.6) is 0 Å². The Hall–Kier alpha value is -0.620. The van der Waals surface area contributed by atoms with Gasteiger partial charge in [-0.1, -0.05) is 24.1 Å². The highest BCUT2D eigenvalue weighted by Crippen LogP contribution is 2.27. The average Bonchev–Trinajstić information content (AvgIpc) is 2.29. The van der Waals surface area contributed by atoms with E-state index in [1.165, 1.54) is 6.42 Å². The lowest BCUT2D eigenvalue weighted by molar-refractivity contribution is 0.316. The van der Waals surface area contributed by atoms with Crippen LogP contribution in [0.15, 0.2) is 23.1 Å². The largest absolute Gasteiger partial charge is 0.316 e. The van der Waals surface area contributed by atoms with E-state index in [9.17, 15) is 8.42 Å². The standard InChI is InChI=1S/C13H19ClN2O2S/c1-15-8-11-5-6-12(14)13(7-11)19(17,18)16-9-10-3-2-4-10/h5-7,10,15-16H,2-4,8-9H2,1H3. The summed E-state index contributed by atoms with van der Waals surface area (Å²) in [7, 11) is -1.70. The Morgan fingerprint density at radius 2 is 2.11 bits per heavy atom. The van der Waals surface area contributed by atoms with E-state index >= 15 is 0 Å². The highest BCUT2D eigenvalue weighted by atomic mass is 35.5. The minimum Gasteiger partial charge on any atom is -0.316 e. The Morgan fingerprint density at radius 3 is 2.68 bits per heavy atom. The molecule has 2 rings (SSSR count). The summed E-state index contributed by atoms with van der Waals surface area (Å²) in [5.41, 5.74) is 0.899. The fourth-order valence-corrected chi connectivity index (χ4v) is 3.73. The van der Waals surface area contributed by atoms with Gasteiger partial charge in [-0.2, -0.15) is 0 Å². The molecule has 0 radical (unpaired) electrons. The summed E-state index contributed by atoms with van der Waals surface area (Å²) in [4.78, 5) is 0.168. The van der Waals surface area contributed by atoms with Crippen molar-refractivity contribution in [1.29, 1.82) is 0 Å². The summed E-state index contributed by atoms with van der Waals surface area (Å²) in [6, 6.07) is 5.08. The van der Waals surface area contributed by atoms with Crippen LogP contribution in [0.3, 0.4) is 0 Å². The zero-order valence-corrected chi connectivity index (χ0v) is 12.5. The summed E-state index contributed by atoms with van der Waals surface area (Å²) in [6.07, 6.45) is 3.41. The maximum Gasteiger partial charge on any atom is 0.242 e. The predicted molar refractivity (Wildman–Crippen MR) is 76.7 cm³/mol. The van der Waals surface area contributed by atoms with Gasteiger partial charge in [-0.15, -0.1) is 0 Å². The Labute approximate surface area is 119 Å². The number of sulfonamides is 1.